The lowest BCUT2D eigenvalue weighted by atomic mass is 9.69. The molecular weight excluding hydrogens is 240 g/mol. The van der Waals surface area contributed by atoms with Gasteiger partial charge in [-0.1, -0.05) is 27.2 Å². The first kappa shape index (κ1) is 14.4. The van der Waals surface area contributed by atoms with Crippen LogP contribution in [0.15, 0.2) is 0 Å². The number of hydrogen-bond acceptors (Lipinski definition) is 2. The van der Waals surface area contributed by atoms with Crippen LogP contribution in [-0.4, -0.2) is 34.8 Å². The van der Waals surface area contributed by atoms with Gasteiger partial charge >= 0.3 is 0 Å². The van der Waals surface area contributed by atoms with Crippen molar-refractivity contribution in [3.63, 3.8) is 0 Å². The second kappa shape index (κ2) is 4.80. The second-order valence-electron chi connectivity index (χ2n) is 6.70. The summed E-state index contributed by atoms with van der Waals surface area (Å²) in [4.78, 5) is 26.8. The minimum Gasteiger partial charge on any atom is -0.340 e. The van der Waals surface area contributed by atoms with Gasteiger partial charge < -0.3 is 10.2 Å². The average molecular weight is 266 g/mol. The van der Waals surface area contributed by atoms with Crippen molar-refractivity contribution in [2.24, 2.45) is 5.41 Å². The van der Waals surface area contributed by atoms with Gasteiger partial charge in [0.15, 0.2) is 0 Å². The van der Waals surface area contributed by atoms with E-state index >= 15 is 0 Å². The van der Waals surface area contributed by atoms with Crippen LogP contribution in [0, 0.1) is 5.41 Å². The molecule has 4 heteroatoms. The van der Waals surface area contributed by atoms with Crippen molar-refractivity contribution >= 4 is 11.8 Å². The lowest BCUT2D eigenvalue weighted by Gasteiger charge is -2.49. The summed E-state index contributed by atoms with van der Waals surface area (Å²) in [6.45, 7) is 8.73. The van der Waals surface area contributed by atoms with Crippen LogP contribution in [0.1, 0.15) is 59.8 Å². The van der Waals surface area contributed by atoms with Crippen molar-refractivity contribution in [1.82, 2.24) is 10.2 Å². The Morgan fingerprint density at radius 2 is 1.89 bits per heavy atom. The predicted molar refractivity (Wildman–Crippen MR) is 74.6 cm³/mol. The van der Waals surface area contributed by atoms with E-state index in [0.29, 0.717) is 12.8 Å². The average Bonchev–Trinajstić information content (AvgIpc) is 2.34. The Morgan fingerprint density at radius 1 is 1.26 bits per heavy atom. The molecule has 1 heterocycles. The Morgan fingerprint density at radius 3 is 2.32 bits per heavy atom. The van der Waals surface area contributed by atoms with Gasteiger partial charge in [-0.05, 0) is 38.0 Å². The molecule has 0 aromatic rings. The standard InChI is InChI=1S/C15H26N2O2/c1-5-11-12(18)16-15(4,6-2)13(19)17(11)10-14(3)8-7-9-14/h11H,5-10H2,1-4H3,(H,16,18). The third-order valence-corrected chi connectivity index (χ3v) is 5.02. The lowest BCUT2D eigenvalue weighted by molar-refractivity contribution is -0.157. The summed E-state index contributed by atoms with van der Waals surface area (Å²) in [5.74, 6) is 0.101. The zero-order chi connectivity index (χ0) is 14.3. The number of nitrogens with one attached hydrogen (secondary N) is 1. The zero-order valence-corrected chi connectivity index (χ0v) is 12.6. The number of amides is 2. The van der Waals surface area contributed by atoms with Crippen molar-refractivity contribution < 1.29 is 9.59 Å². The van der Waals surface area contributed by atoms with Crippen LogP contribution in [0.4, 0.5) is 0 Å². The summed E-state index contributed by atoms with van der Waals surface area (Å²) in [6, 6.07) is -0.287. The largest absolute Gasteiger partial charge is 0.340 e. The fraction of sp³-hybridized carbons (Fsp3) is 0.867. The number of hydrogen-bond donors (Lipinski definition) is 1. The molecule has 0 spiro atoms. The Hall–Kier alpha value is -1.06. The van der Waals surface area contributed by atoms with Crippen LogP contribution in [0.25, 0.3) is 0 Å². The molecule has 2 amide bonds. The Labute approximate surface area is 115 Å². The van der Waals surface area contributed by atoms with Crippen LogP contribution >= 0.6 is 0 Å². The smallest absolute Gasteiger partial charge is 0.248 e. The highest BCUT2D eigenvalue weighted by atomic mass is 16.2. The van der Waals surface area contributed by atoms with Crippen LogP contribution in [0.5, 0.6) is 0 Å². The maximum Gasteiger partial charge on any atom is 0.248 e. The number of carbonyl (C=O) groups is 2. The number of piperazine rings is 1. The van der Waals surface area contributed by atoms with Gasteiger partial charge in [0.25, 0.3) is 0 Å². The van der Waals surface area contributed by atoms with Crippen LogP contribution in [0.2, 0.25) is 0 Å². The topological polar surface area (TPSA) is 49.4 Å². The second-order valence-corrected chi connectivity index (χ2v) is 6.70. The minimum absolute atomic E-state index is 0.00868. The van der Waals surface area contributed by atoms with Gasteiger partial charge in [-0.15, -0.1) is 0 Å². The summed E-state index contributed by atoms with van der Waals surface area (Å²) in [7, 11) is 0. The molecule has 108 valence electrons. The molecule has 0 bridgehead atoms. The lowest BCUT2D eigenvalue weighted by Crippen LogP contribution is -2.70. The third kappa shape index (κ3) is 2.37. The number of nitrogens with zero attached hydrogens (tertiary/aromatic N) is 1. The molecule has 2 atom stereocenters. The highest BCUT2D eigenvalue weighted by Crippen LogP contribution is 2.42. The molecule has 1 saturated carbocycles. The summed E-state index contributed by atoms with van der Waals surface area (Å²) in [5, 5.41) is 2.91. The van der Waals surface area contributed by atoms with Gasteiger partial charge in [0.05, 0.1) is 0 Å². The highest BCUT2D eigenvalue weighted by Gasteiger charge is 2.48. The van der Waals surface area contributed by atoms with Gasteiger partial charge in [-0.3, -0.25) is 9.59 Å². The molecule has 2 unspecified atom stereocenters. The monoisotopic (exact) mass is 266 g/mol. The Kier molecular flexibility index (Phi) is 3.63. The highest BCUT2D eigenvalue weighted by molar-refractivity contribution is 5.99. The van der Waals surface area contributed by atoms with Gasteiger partial charge in [-0.2, -0.15) is 0 Å². The van der Waals surface area contributed by atoms with E-state index in [0.717, 1.165) is 19.4 Å². The van der Waals surface area contributed by atoms with Crippen LogP contribution < -0.4 is 5.32 Å². The molecule has 0 aromatic heterocycles. The summed E-state index contributed by atoms with van der Waals surface area (Å²) in [6.07, 6.45) is 4.90. The van der Waals surface area contributed by atoms with E-state index in [2.05, 4.69) is 12.2 Å². The molecule has 1 aliphatic heterocycles. The van der Waals surface area contributed by atoms with E-state index in [1.54, 1.807) is 0 Å². The van der Waals surface area contributed by atoms with E-state index in [1.165, 1.54) is 6.42 Å². The molecule has 1 N–H and O–H groups in total. The maximum absolute atomic E-state index is 12.7. The predicted octanol–water partition coefficient (Wildman–Crippen LogP) is 2.08. The van der Waals surface area contributed by atoms with Crippen molar-refractivity contribution in [2.75, 3.05) is 6.54 Å². The molecule has 2 rings (SSSR count). The van der Waals surface area contributed by atoms with E-state index in [1.807, 2.05) is 25.7 Å². The summed E-state index contributed by atoms with van der Waals surface area (Å²) >= 11 is 0. The molecule has 1 saturated heterocycles. The Bertz CT molecular complexity index is 390. The van der Waals surface area contributed by atoms with Crippen molar-refractivity contribution in [3.05, 3.63) is 0 Å². The summed E-state index contributed by atoms with van der Waals surface area (Å²) in [5.41, 5.74) is -0.502. The molecule has 0 aromatic carbocycles. The van der Waals surface area contributed by atoms with Crippen LogP contribution in [0.3, 0.4) is 0 Å². The Balaban J connectivity index is 2.23. The zero-order valence-electron chi connectivity index (χ0n) is 12.6. The molecule has 4 nitrogen and oxygen atoms in total. The summed E-state index contributed by atoms with van der Waals surface area (Å²) < 4.78 is 0. The van der Waals surface area contributed by atoms with Gasteiger partial charge in [0.1, 0.15) is 11.6 Å². The number of rotatable bonds is 4. The molecule has 1 aliphatic carbocycles. The van der Waals surface area contributed by atoms with Crippen molar-refractivity contribution in [1.29, 1.82) is 0 Å². The van der Waals surface area contributed by atoms with E-state index in [4.69, 9.17) is 0 Å². The fourth-order valence-electron chi connectivity index (χ4n) is 3.19. The van der Waals surface area contributed by atoms with Gasteiger partial charge in [0.2, 0.25) is 11.8 Å². The molecule has 19 heavy (non-hydrogen) atoms. The first-order valence-electron chi connectivity index (χ1n) is 7.48. The van der Waals surface area contributed by atoms with E-state index in [9.17, 15) is 9.59 Å². The van der Waals surface area contributed by atoms with Crippen molar-refractivity contribution in [2.45, 2.75) is 71.4 Å². The first-order chi connectivity index (χ1) is 8.85. The fourth-order valence-corrected chi connectivity index (χ4v) is 3.19. The molecule has 2 aliphatic rings. The van der Waals surface area contributed by atoms with Crippen molar-refractivity contribution in [3.8, 4) is 0 Å². The van der Waals surface area contributed by atoms with Crippen LogP contribution in [-0.2, 0) is 9.59 Å². The minimum atomic E-state index is -0.719. The SMILES string of the molecule is CCC1C(=O)NC(C)(CC)C(=O)N1CC1(C)CCC1. The molecular formula is C15H26N2O2. The first-order valence-corrected chi connectivity index (χ1v) is 7.48. The van der Waals surface area contributed by atoms with Gasteiger partial charge in [-0.25, -0.2) is 0 Å². The normalized spacial score (nSPS) is 33.9. The third-order valence-electron chi connectivity index (χ3n) is 5.02. The van der Waals surface area contributed by atoms with Gasteiger partial charge in [0, 0.05) is 6.54 Å². The number of carbonyl (C=O) groups excluding carboxylic acids is 2. The molecule has 2 fully saturated rings. The molecule has 0 radical (unpaired) electrons. The van der Waals surface area contributed by atoms with E-state index < -0.39 is 5.54 Å². The maximum atomic E-state index is 12.7. The quantitative estimate of drug-likeness (QED) is 0.847. The van der Waals surface area contributed by atoms with E-state index in [-0.39, 0.29) is 23.3 Å².